The van der Waals surface area contributed by atoms with Crippen LogP contribution in [-0.2, 0) is 0 Å². The molecule has 1 fully saturated rings. The summed E-state index contributed by atoms with van der Waals surface area (Å²) in [6.45, 7) is 2.00. The normalized spacial score (nSPS) is 14.7. The van der Waals surface area contributed by atoms with Crippen molar-refractivity contribution in [2.45, 2.75) is 0 Å². The van der Waals surface area contributed by atoms with Gasteiger partial charge in [-0.2, -0.15) is 0 Å². The van der Waals surface area contributed by atoms with E-state index in [2.05, 4.69) is 19.9 Å². The number of nitrogens with zero attached hydrogens (tertiary/aromatic N) is 6. The number of pyridine rings is 2. The van der Waals surface area contributed by atoms with Crippen LogP contribution in [-0.4, -0.2) is 62.2 Å². The van der Waals surface area contributed by atoms with Gasteiger partial charge in [-0.15, -0.1) is 0 Å². The van der Waals surface area contributed by atoms with E-state index in [1.165, 1.54) is 4.90 Å². The topological polar surface area (TPSA) is 95.3 Å². The number of carbonyl (C=O) groups is 1. The summed E-state index contributed by atoms with van der Waals surface area (Å²) in [6.07, 6.45) is 4.11. The highest BCUT2D eigenvalue weighted by molar-refractivity contribution is 6.29. The van der Waals surface area contributed by atoms with Crippen LogP contribution in [0.1, 0.15) is 0 Å². The van der Waals surface area contributed by atoms with Gasteiger partial charge in [-0.3, -0.25) is 4.98 Å². The molecule has 0 atom stereocenters. The van der Waals surface area contributed by atoms with Gasteiger partial charge in [0.05, 0.1) is 11.7 Å². The van der Waals surface area contributed by atoms with Gasteiger partial charge in [0.2, 0.25) is 0 Å². The van der Waals surface area contributed by atoms with Gasteiger partial charge in [0.25, 0.3) is 0 Å². The molecule has 0 spiro atoms. The van der Waals surface area contributed by atoms with Crippen LogP contribution in [0.5, 0.6) is 0 Å². The van der Waals surface area contributed by atoms with E-state index in [1.807, 2.05) is 6.07 Å². The van der Waals surface area contributed by atoms with E-state index in [0.29, 0.717) is 37.2 Å². The van der Waals surface area contributed by atoms with Crippen LogP contribution in [0, 0.1) is 0 Å². The van der Waals surface area contributed by atoms with Gasteiger partial charge in [0.1, 0.15) is 11.0 Å². The summed E-state index contributed by atoms with van der Waals surface area (Å²) < 4.78 is 0. The van der Waals surface area contributed by atoms with Gasteiger partial charge in [-0.05, 0) is 18.2 Å². The molecule has 9 heteroatoms. The van der Waals surface area contributed by atoms with Crippen LogP contribution in [0.25, 0.3) is 22.3 Å². The third-order valence-electron chi connectivity index (χ3n) is 4.31. The predicted molar refractivity (Wildman–Crippen MR) is 97.4 cm³/mol. The monoisotopic (exact) mass is 370 g/mol. The fourth-order valence-electron chi connectivity index (χ4n) is 2.99. The first-order valence-electron chi connectivity index (χ1n) is 8.08. The Bertz CT molecular complexity index is 974. The minimum atomic E-state index is -0.895. The number of hydrogen-bond acceptors (Lipinski definition) is 6. The van der Waals surface area contributed by atoms with Crippen LogP contribution in [0.3, 0.4) is 0 Å². The number of aromatic nitrogens is 4. The van der Waals surface area contributed by atoms with Crippen LogP contribution in [0.4, 0.5) is 10.6 Å². The second kappa shape index (κ2) is 6.72. The van der Waals surface area contributed by atoms with E-state index in [-0.39, 0.29) is 0 Å². The number of piperazine rings is 1. The van der Waals surface area contributed by atoms with Gasteiger partial charge in [0, 0.05) is 49.5 Å². The number of rotatable bonds is 2. The maximum absolute atomic E-state index is 11.1. The SMILES string of the molecule is O=C(O)N1CCN(c2nc(-c3ccnc(Cl)c3)nc3cnccc23)CC1. The predicted octanol–water partition coefficient (Wildman–Crippen LogP) is 2.54. The molecule has 0 unspecified atom stereocenters. The first-order chi connectivity index (χ1) is 12.6. The van der Waals surface area contributed by atoms with Gasteiger partial charge in [-0.25, -0.2) is 19.7 Å². The molecule has 4 heterocycles. The lowest BCUT2D eigenvalue weighted by Gasteiger charge is -2.34. The van der Waals surface area contributed by atoms with E-state index in [1.54, 1.807) is 30.7 Å². The summed E-state index contributed by atoms with van der Waals surface area (Å²) in [5.41, 5.74) is 1.49. The van der Waals surface area contributed by atoms with Crippen molar-refractivity contribution in [1.82, 2.24) is 24.8 Å². The van der Waals surface area contributed by atoms with Crippen LogP contribution < -0.4 is 4.90 Å². The average molecular weight is 371 g/mol. The second-order valence-electron chi connectivity index (χ2n) is 5.89. The molecule has 0 bridgehead atoms. The summed E-state index contributed by atoms with van der Waals surface area (Å²) in [6, 6.07) is 5.39. The molecule has 4 rings (SSSR count). The molecule has 1 saturated heterocycles. The molecule has 1 aliphatic rings. The fraction of sp³-hybridized carbons (Fsp3) is 0.235. The lowest BCUT2D eigenvalue weighted by Crippen LogP contribution is -2.48. The smallest absolute Gasteiger partial charge is 0.407 e. The zero-order valence-corrected chi connectivity index (χ0v) is 14.5. The van der Waals surface area contributed by atoms with Crippen LogP contribution in [0.15, 0.2) is 36.8 Å². The molecule has 1 aliphatic heterocycles. The Hall–Kier alpha value is -3.00. The highest BCUT2D eigenvalue weighted by Crippen LogP contribution is 2.28. The Labute approximate surface area is 154 Å². The molecule has 0 aliphatic carbocycles. The molecule has 8 nitrogen and oxygen atoms in total. The minimum absolute atomic E-state index is 0.369. The van der Waals surface area contributed by atoms with E-state index in [0.717, 1.165) is 22.3 Å². The van der Waals surface area contributed by atoms with E-state index < -0.39 is 6.09 Å². The molecule has 0 saturated carbocycles. The molecule has 0 aromatic carbocycles. The number of fused-ring (bicyclic) bond motifs is 1. The fourth-order valence-corrected chi connectivity index (χ4v) is 3.16. The first-order valence-corrected chi connectivity index (χ1v) is 8.46. The Morgan fingerprint density at radius 2 is 1.92 bits per heavy atom. The zero-order chi connectivity index (χ0) is 18.1. The number of amides is 1. The third-order valence-corrected chi connectivity index (χ3v) is 4.52. The van der Waals surface area contributed by atoms with Crippen LogP contribution in [0.2, 0.25) is 5.15 Å². The van der Waals surface area contributed by atoms with Crippen molar-refractivity contribution in [2.75, 3.05) is 31.1 Å². The summed E-state index contributed by atoms with van der Waals surface area (Å²) in [7, 11) is 0. The maximum atomic E-state index is 11.1. The lowest BCUT2D eigenvalue weighted by molar-refractivity contribution is 0.142. The van der Waals surface area contributed by atoms with E-state index >= 15 is 0 Å². The molecule has 3 aromatic rings. The van der Waals surface area contributed by atoms with Gasteiger partial charge >= 0.3 is 6.09 Å². The summed E-state index contributed by atoms with van der Waals surface area (Å²) in [5.74, 6) is 1.30. The first kappa shape index (κ1) is 16.5. The van der Waals surface area contributed by atoms with E-state index in [9.17, 15) is 4.79 Å². The lowest BCUT2D eigenvalue weighted by atomic mass is 10.2. The number of hydrogen-bond donors (Lipinski definition) is 1. The largest absolute Gasteiger partial charge is 0.465 e. The Kier molecular flexibility index (Phi) is 4.26. The van der Waals surface area contributed by atoms with Crippen molar-refractivity contribution >= 4 is 34.4 Å². The average Bonchev–Trinajstić information content (AvgIpc) is 2.67. The summed E-state index contributed by atoms with van der Waals surface area (Å²) in [4.78, 5) is 32.1. The molecule has 0 radical (unpaired) electrons. The van der Waals surface area contributed by atoms with E-state index in [4.69, 9.17) is 21.7 Å². The van der Waals surface area contributed by atoms with Gasteiger partial charge < -0.3 is 14.9 Å². The minimum Gasteiger partial charge on any atom is -0.465 e. The number of anilines is 1. The second-order valence-corrected chi connectivity index (χ2v) is 6.27. The van der Waals surface area contributed by atoms with Crippen molar-refractivity contribution in [3.05, 3.63) is 41.9 Å². The molecule has 1 amide bonds. The summed E-state index contributed by atoms with van der Waals surface area (Å²) >= 11 is 6.00. The Morgan fingerprint density at radius 3 is 2.65 bits per heavy atom. The standard InChI is InChI=1S/C17H15ClN6O2/c18-14-9-11(1-4-20-14)15-21-13-10-19-3-2-12(13)16(22-15)23-5-7-24(8-6-23)17(25)26/h1-4,9-10H,5-8H2,(H,25,26). The molecule has 26 heavy (non-hydrogen) atoms. The maximum Gasteiger partial charge on any atom is 0.407 e. The molecule has 132 valence electrons. The van der Waals surface area contributed by atoms with Crippen molar-refractivity contribution in [3.8, 4) is 11.4 Å². The Balaban J connectivity index is 1.77. The van der Waals surface area contributed by atoms with Crippen molar-refractivity contribution in [2.24, 2.45) is 0 Å². The summed E-state index contributed by atoms with van der Waals surface area (Å²) in [5, 5.41) is 10.4. The third kappa shape index (κ3) is 3.11. The number of halogens is 1. The zero-order valence-electron chi connectivity index (χ0n) is 13.7. The van der Waals surface area contributed by atoms with Gasteiger partial charge in [-0.1, -0.05) is 11.6 Å². The quantitative estimate of drug-likeness (QED) is 0.692. The highest BCUT2D eigenvalue weighted by Gasteiger charge is 2.23. The van der Waals surface area contributed by atoms with Gasteiger partial charge in [0.15, 0.2) is 5.82 Å². The van der Waals surface area contributed by atoms with Crippen molar-refractivity contribution < 1.29 is 9.90 Å². The molecule has 3 aromatic heterocycles. The molecular weight excluding hydrogens is 356 g/mol. The molecular formula is C17H15ClN6O2. The number of carboxylic acid groups (broad SMARTS) is 1. The van der Waals surface area contributed by atoms with Crippen molar-refractivity contribution in [3.63, 3.8) is 0 Å². The van der Waals surface area contributed by atoms with Crippen LogP contribution >= 0.6 is 11.6 Å². The van der Waals surface area contributed by atoms with Crippen molar-refractivity contribution in [1.29, 1.82) is 0 Å². The highest BCUT2D eigenvalue weighted by atomic mass is 35.5. The Morgan fingerprint density at radius 1 is 1.12 bits per heavy atom. The molecule has 1 N–H and O–H groups in total.